The summed E-state index contributed by atoms with van der Waals surface area (Å²) < 4.78 is 8.80. The predicted octanol–water partition coefficient (Wildman–Crippen LogP) is 16.3. The second kappa shape index (κ2) is 14.3. The number of aromatic nitrogens is 1. The molecule has 0 spiro atoms. The molecule has 0 unspecified atom stereocenters. The van der Waals surface area contributed by atoms with Crippen molar-refractivity contribution in [3.8, 4) is 39.1 Å². The fraction of sp³-hybridized carbons (Fsp3) is 0. The molecule has 61 heavy (non-hydrogen) atoms. The number of rotatable bonds is 7. The van der Waals surface area contributed by atoms with E-state index in [2.05, 4.69) is 228 Å². The van der Waals surface area contributed by atoms with Crippen LogP contribution < -0.4 is 4.90 Å². The highest BCUT2D eigenvalue weighted by atomic mass is 16.3. The fourth-order valence-electron chi connectivity index (χ4n) is 9.29. The average molecular weight is 779 g/mol. The van der Waals surface area contributed by atoms with Crippen LogP contribution in [0.5, 0.6) is 0 Å². The Morgan fingerprint density at radius 1 is 0.328 bits per heavy atom. The van der Waals surface area contributed by atoms with E-state index < -0.39 is 0 Å². The lowest BCUT2D eigenvalue weighted by molar-refractivity contribution is 0.669. The second-order valence-electron chi connectivity index (χ2n) is 15.7. The van der Waals surface area contributed by atoms with E-state index in [-0.39, 0.29) is 0 Å². The van der Waals surface area contributed by atoms with Crippen LogP contribution in [0.15, 0.2) is 235 Å². The Balaban J connectivity index is 0.990. The van der Waals surface area contributed by atoms with Crippen molar-refractivity contribution >= 4 is 71.6 Å². The smallest absolute Gasteiger partial charge is 0.136 e. The number of hydrogen-bond donors (Lipinski definition) is 0. The van der Waals surface area contributed by atoms with Gasteiger partial charge in [0.2, 0.25) is 0 Å². The summed E-state index contributed by atoms with van der Waals surface area (Å²) in [5, 5.41) is 7.24. The molecular formula is C58H38N2O. The lowest BCUT2D eigenvalue weighted by Gasteiger charge is -2.28. The minimum absolute atomic E-state index is 0.881. The Labute approximate surface area is 353 Å². The molecule has 0 aliphatic rings. The molecule has 3 heteroatoms. The molecule has 0 N–H and O–H groups in total. The van der Waals surface area contributed by atoms with Gasteiger partial charge in [-0.15, -0.1) is 0 Å². The number of benzene rings is 10. The molecule has 0 saturated carbocycles. The maximum atomic E-state index is 6.39. The minimum atomic E-state index is 0.881. The molecule has 3 nitrogen and oxygen atoms in total. The first-order chi connectivity index (χ1) is 30.2. The molecule has 0 atom stereocenters. The number of anilines is 3. The van der Waals surface area contributed by atoms with Gasteiger partial charge in [-0.05, 0) is 106 Å². The zero-order valence-corrected chi connectivity index (χ0v) is 33.2. The molecule has 0 amide bonds. The zero-order valence-electron chi connectivity index (χ0n) is 33.2. The molecule has 0 aliphatic carbocycles. The first-order valence-corrected chi connectivity index (χ1v) is 20.8. The van der Waals surface area contributed by atoms with Crippen LogP contribution >= 0.6 is 0 Å². The van der Waals surface area contributed by atoms with Gasteiger partial charge in [0.05, 0.1) is 22.4 Å². The van der Waals surface area contributed by atoms with Crippen LogP contribution in [0.2, 0.25) is 0 Å². The van der Waals surface area contributed by atoms with Crippen LogP contribution in [0.1, 0.15) is 0 Å². The Morgan fingerprint density at radius 3 is 1.62 bits per heavy atom. The molecule has 12 aromatic rings. The summed E-state index contributed by atoms with van der Waals surface area (Å²) in [7, 11) is 0. The highest BCUT2D eigenvalue weighted by Gasteiger charge is 2.20. The van der Waals surface area contributed by atoms with Crippen molar-refractivity contribution in [1.29, 1.82) is 0 Å². The summed E-state index contributed by atoms with van der Waals surface area (Å²) in [5.74, 6) is 0. The number of para-hydroxylation sites is 5. The van der Waals surface area contributed by atoms with E-state index in [1.807, 2.05) is 12.1 Å². The molecule has 0 bridgehead atoms. The van der Waals surface area contributed by atoms with Crippen molar-refractivity contribution in [2.24, 2.45) is 0 Å². The predicted molar refractivity (Wildman–Crippen MR) is 257 cm³/mol. The molecule has 12 rings (SSSR count). The third-order valence-corrected chi connectivity index (χ3v) is 12.2. The van der Waals surface area contributed by atoms with Gasteiger partial charge in [-0.2, -0.15) is 0 Å². The normalized spacial score (nSPS) is 11.6. The van der Waals surface area contributed by atoms with Gasteiger partial charge in [0, 0.05) is 44.0 Å². The molecule has 2 heterocycles. The van der Waals surface area contributed by atoms with E-state index in [1.54, 1.807) is 0 Å². The highest BCUT2D eigenvalue weighted by Crippen LogP contribution is 2.44. The average Bonchev–Trinajstić information content (AvgIpc) is 3.87. The molecular weight excluding hydrogens is 741 g/mol. The molecule has 0 aliphatic heterocycles. The Morgan fingerprint density at radius 2 is 0.869 bits per heavy atom. The van der Waals surface area contributed by atoms with Crippen LogP contribution in [-0.2, 0) is 0 Å². The van der Waals surface area contributed by atoms with Gasteiger partial charge in [0.25, 0.3) is 0 Å². The van der Waals surface area contributed by atoms with Crippen LogP contribution in [0.3, 0.4) is 0 Å². The van der Waals surface area contributed by atoms with Gasteiger partial charge in [-0.1, -0.05) is 158 Å². The van der Waals surface area contributed by atoms with Gasteiger partial charge in [0.1, 0.15) is 11.2 Å². The van der Waals surface area contributed by atoms with E-state index in [9.17, 15) is 0 Å². The molecule has 10 aromatic carbocycles. The monoisotopic (exact) mass is 778 g/mol. The van der Waals surface area contributed by atoms with E-state index in [4.69, 9.17) is 4.42 Å². The summed E-state index contributed by atoms with van der Waals surface area (Å²) in [6, 6.07) is 83.0. The van der Waals surface area contributed by atoms with Crippen molar-refractivity contribution in [1.82, 2.24) is 4.57 Å². The quantitative estimate of drug-likeness (QED) is 0.161. The third-order valence-electron chi connectivity index (χ3n) is 12.2. The fourth-order valence-corrected chi connectivity index (χ4v) is 9.29. The standard InChI is InChI=1S/C58H38N2O/c1-2-14-42-37-43(26-25-39(42)13-1)40-27-32-45(33-28-40)59(53-20-8-4-16-48(53)44-31-36-52-51-19-7-12-24-57(51)61-58(52)38-44)46-34-29-41(30-35-46)47-15-3-9-21-54(47)60-55-22-10-5-17-49(55)50-18-6-11-23-56(50)60/h1-38H. The number of furan rings is 1. The number of fused-ring (bicyclic) bond motifs is 7. The first-order valence-electron chi connectivity index (χ1n) is 20.8. The number of nitrogens with zero attached hydrogens (tertiary/aromatic N) is 2. The molecule has 0 saturated heterocycles. The lowest BCUT2D eigenvalue weighted by atomic mass is 9.98. The number of hydrogen-bond acceptors (Lipinski definition) is 2. The zero-order chi connectivity index (χ0) is 40.3. The Kier molecular flexibility index (Phi) is 8.17. The van der Waals surface area contributed by atoms with Gasteiger partial charge >= 0.3 is 0 Å². The summed E-state index contributed by atoms with van der Waals surface area (Å²) in [5.41, 5.74) is 15.4. The molecule has 0 radical (unpaired) electrons. The molecule has 2 aromatic heterocycles. The van der Waals surface area contributed by atoms with Gasteiger partial charge in [-0.3, -0.25) is 0 Å². The van der Waals surface area contributed by atoms with E-state index in [1.165, 1.54) is 49.3 Å². The Hall–Kier alpha value is -8.14. The maximum absolute atomic E-state index is 6.39. The van der Waals surface area contributed by atoms with E-state index in [0.29, 0.717) is 0 Å². The molecule has 0 fully saturated rings. The van der Waals surface area contributed by atoms with E-state index >= 15 is 0 Å². The van der Waals surface area contributed by atoms with Crippen molar-refractivity contribution in [2.45, 2.75) is 0 Å². The van der Waals surface area contributed by atoms with Crippen molar-refractivity contribution in [3.05, 3.63) is 231 Å². The van der Waals surface area contributed by atoms with Gasteiger partial charge in [0.15, 0.2) is 0 Å². The van der Waals surface area contributed by atoms with Crippen molar-refractivity contribution in [3.63, 3.8) is 0 Å². The van der Waals surface area contributed by atoms with E-state index in [0.717, 1.165) is 61.4 Å². The van der Waals surface area contributed by atoms with Crippen molar-refractivity contribution < 1.29 is 4.42 Å². The summed E-state index contributed by atoms with van der Waals surface area (Å²) in [4.78, 5) is 2.38. The maximum Gasteiger partial charge on any atom is 0.136 e. The minimum Gasteiger partial charge on any atom is -0.456 e. The van der Waals surface area contributed by atoms with Gasteiger partial charge in [-0.25, -0.2) is 0 Å². The van der Waals surface area contributed by atoms with Crippen LogP contribution in [-0.4, -0.2) is 4.57 Å². The summed E-state index contributed by atoms with van der Waals surface area (Å²) in [6.07, 6.45) is 0. The highest BCUT2D eigenvalue weighted by molar-refractivity contribution is 6.10. The lowest BCUT2D eigenvalue weighted by Crippen LogP contribution is -2.11. The summed E-state index contributed by atoms with van der Waals surface area (Å²) in [6.45, 7) is 0. The van der Waals surface area contributed by atoms with Crippen LogP contribution in [0.4, 0.5) is 17.1 Å². The van der Waals surface area contributed by atoms with Crippen molar-refractivity contribution in [2.75, 3.05) is 4.90 Å². The third kappa shape index (κ3) is 5.90. The van der Waals surface area contributed by atoms with Crippen LogP contribution in [0, 0.1) is 0 Å². The van der Waals surface area contributed by atoms with Crippen LogP contribution in [0.25, 0.3) is 93.6 Å². The second-order valence-corrected chi connectivity index (χ2v) is 15.7. The largest absolute Gasteiger partial charge is 0.456 e. The Bertz CT molecular complexity index is 3540. The van der Waals surface area contributed by atoms with Gasteiger partial charge < -0.3 is 13.9 Å². The topological polar surface area (TPSA) is 21.3 Å². The summed E-state index contributed by atoms with van der Waals surface area (Å²) >= 11 is 0. The molecule has 286 valence electrons. The SMILES string of the molecule is c1ccc(N(c2ccc(-c3ccc4ccccc4c3)cc2)c2ccc(-c3ccccc3-n3c4ccccc4c4ccccc43)cc2)c(-c2ccc3c(c2)oc2ccccc23)c1. The first kappa shape index (κ1) is 34.9.